The van der Waals surface area contributed by atoms with E-state index < -0.39 is 0 Å². The largest absolute Gasteiger partial charge is 0.394 e. The van der Waals surface area contributed by atoms with Crippen molar-refractivity contribution in [2.24, 2.45) is 5.92 Å². The molecule has 0 heterocycles. The van der Waals surface area contributed by atoms with Crippen molar-refractivity contribution in [1.82, 2.24) is 0 Å². The van der Waals surface area contributed by atoms with Crippen LogP contribution in [0.5, 0.6) is 0 Å². The van der Waals surface area contributed by atoms with Gasteiger partial charge in [-0.15, -0.1) is 0 Å². The van der Waals surface area contributed by atoms with Crippen molar-refractivity contribution in [3.63, 3.8) is 0 Å². The first-order chi connectivity index (χ1) is 8.31. The first-order valence-corrected chi connectivity index (χ1v) is 7.49. The van der Waals surface area contributed by atoms with Gasteiger partial charge in [-0.3, -0.25) is 0 Å². The van der Waals surface area contributed by atoms with Crippen molar-refractivity contribution in [3.8, 4) is 0 Å². The van der Waals surface area contributed by atoms with Gasteiger partial charge in [-0.25, -0.2) is 0 Å². The second-order valence-corrected chi connectivity index (χ2v) is 5.17. The monoisotopic (exact) mass is 244 g/mol. The zero-order valence-corrected chi connectivity index (χ0v) is 11.9. The Balaban J connectivity index is 3.05. The topological polar surface area (TPSA) is 29.5 Å². The highest BCUT2D eigenvalue weighted by Crippen LogP contribution is 2.13. The molecule has 0 spiro atoms. The quantitative estimate of drug-likeness (QED) is 0.493. The fraction of sp³-hybridized carbons (Fsp3) is 1.00. The first-order valence-electron chi connectivity index (χ1n) is 7.49. The van der Waals surface area contributed by atoms with E-state index in [2.05, 4.69) is 13.8 Å². The van der Waals surface area contributed by atoms with Gasteiger partial charge >= 0.3 is 0 Å². The van der Waals surface area contributed by atoms with Crippen LogP contribution < -0.4 is 0 Å². The molecule has 0 amide bonds. The maximum absolute atomic E-state index is 8.59. The zero-order valence-electron chi connectivity index (χ0n) is 11.9. The van der Waals surface area contributed by atoms with Crippen LogP contribution in [0.25, 0.3) is 0 Å². The van der Waals surface area contributed by atoms with Gasteiger partial charge in [0, 0.05) is 6.61 Å². The van der Waals surface area contributed by atoms with Crippen molar-refractivity contribution in [1.29, 1.82) is 0 Å². The third-order valence-corrected chi connectivity index (χ3v) is 3.19. The molecule has 0 saturated carbocycles. The molecule has 104 valence electrons. The fourth-order valence-electron chi connectivity index (χ4n) is 2.06. The molecular weight excluding hydrogens is 212 g/mol. The highest BCUT2D eigenvalue weighted by atomic mass is 16.5. The summed E-state index contributed by atoms with van der Waals surface area (Å²) in [6.45, 7) is 5.93. The Labute approximate surface area is 108 Å². The van der Waals surface area contributed by atoms with E-state index in [0.717, 1.165) is 6.61 Å². The lowest BCUT2D eigenvalue weighted by Gasteiger charge is -2.11. The second-order valence-electron chi connectivity index (χ2n) is 5.17. The van der Waals surface area contributed by atoms with Crippen LogP contribution in [-0.4, -0.2) is 24.9 Å². The Morgan fingerprint density at radius 2 is 1.53 bits per heavy atom. The van der Waals surface area contributed by atoms with Crippen LogP contribution in [0.3, 0.4) is 0 Å². The van der Waals surface area contributed by atoms with Crippen LogP contribution in [-0.2, 0) is 4.74 Å². The summed E-state index contributed by atoms with van der Waals surface area (Å²) in [5.74, 6) is 0.640. The number of hydrogen-bond acceptors (Lipinski definition) is 2. The molecule has 1 atom stereocenters. The number of aliphatic hydroxyl groups is 1. The van der Waals surface area contributed by atoms with Gasteiger partial charge in [0.2, 0.25) is 0 Å². The van der Waals surface area contributed by atoms with E-state index in [0.29, 0.717) is 12.5 Å². The number of aliphatic hydroxyl groups excluding tert-OH is 1. The first kappa shape index (κ1) is 16.9. The van der Waals surface area contributed by atoms with Crippen LogP contribution in [0.15, 0.2) is 0 Å². The summed E-state index contributed by atoms with van der Waals surface area (Å²) >= 11 is 0. The molecule has 2 nitrogen and oxygen atoms in total. The van der Waals surface area contributed by atoms with Gasteiger partial charge in [0.25, 0.3) is 0 Å². The Morgan fingerprint density at radius 1 is 0.941 bits per heavy atom. The molecular formula is C15H32O2. The molecule has 1 N–H and O–H groups in total. The van der Waals surface area contributed by atoms with Crippen LogP contribution >= 0.6 is 0 Å². The smallest absolute Gasteiger partial charge is 0.0697 e. The molecule has 17 heavy (non-hydrogen) atoms. The highest BCUT2D eigenvalue weighted by molar-refractivity contribution is 4.53. The molecule has 0 aliphatic rings. The number of rotatable bonds is 13. The van der Waals surface area contributed by atoms with E-state index in [1.807, 2.05) is 0 Å². The highest BCUT2D eigenvalue weighted by Gasteiger charge is 2.01. The Morgan fingerprint density at radius 3 is 2.12 bits per heavy atom. The average Bonchev–Trinajstić information content (AvgIpc) is 2.33. The van der Waals surface area contributed by atoms with E-state index in [9.17, 15) is 0 Å². The third-order valence-electron chi connectivity index (χ3n) is 3.19. The summed E-state index contributed by atoms with van der Waals surface area (Å²) in [6.07, 6.45) is 12.4. The van der Waals surface area contributed by atoms with Crippen LogP contribution in [0.2, 0.25) is 0 Å². The molecule has 0 saturated heterocycles. The van der Waals surface area contributed by atoms with Crippen molar-refractivity contribution in [3.05, 3.63) is 0 Å². The molecule has 1 unspecified atom stereocenters. The molecule has 0 aromatic rings. The summed E-state index contributed by atoms with van der Waals surface area (Å²) < 4.78 is 5.32. The molecule has 0 aliphatic heterocycles. The van der Waals surface area contributed by atoms with Crippen molar-refractivity contribution in [2.45, 2.75) is 71.6 Å². The molecule has 0 aromatic carbocycles. The van der Waals surface area contributed by atoms with Crippen molar-refractivity contribution >= 4 is 0 Å². The standard InChI is InChI=1S/C15H32O2/c1-3-4-5-6-7-8-9-10-11-15(2)14-17-13-12-16/h15-16H,3-14H2,1-2H3. The van der Waals surface area contributed by atoms with Gasteiger partial charge < -0.3 is 9.84 Å². The molecule has 0 aliphatic carbocycles. The van der Waals surface area contributed by atoms with Gasteiger partial charge in [-0.2, -0.15) is 0 Å². The molecule has 2 heteroatoms. The van der Waals surface area contributed by atoms with E-state index in [-0.39, 0.29) is 6.61 Å². The molecule has 0 aromatic heterocycles. The summed E-state index contributed by atoms with van der Waals surface area (Å²) in [7, 11) is 0. The Bertz CT molecular complexity index is 137. The Kier molecular flexibility index (Phi) is 13.9. The van der Waals surface area contributed by atoms with Crippen LogP contribution in [0.4, 0.5) is 0 Å². The van der Waals surface area contributed by atoms with E-state index >= 15 is 0 Å². The van der Waals surface area contributed by atoms with Gasteiger partial charge in [0.1, 0.15) is 0 Å². The summed E-state index contributed by atoms with van der Waals surface area (Å²) in [6, 6.07) is 0. The second kappa shape index (κ2) is 14.0. The lowest BCUT2D eigenvalue weighted by Crippen LogP contribution is -2.08. The van der Waals surface area contributed by atoms with Gasteiger partial charge in [0.05, 0.1) is 13.2 Å². The lowest BCUT2D eigenvalue weighted by molar-refractivity contribution is 0.0691. The van der Waals surface area contributed by atoms with E-state index in [1.165, 1.54) is 57.8 Å². The Hall–Kier alpha value is -0.0800. The maximum Gasteiger partial charge on any atom is 0.0697 e. The summed E-state index contributed by atoms with van der Waals surface area (Å²) in [5, 5.41) is 8.59. The maximum atomic E-state index is 8.59. The number of unbranched alkanes of at least 4 members (excludes halogenated alkanes) is 7. The predicted molar refractivity (Wildman–Crippen MR) is 74.3 cm³/mol. The summed E-state index contributed by atoms with van der Waals surface area (Å²) in [5.41, 5.74) is 0. The predicted octanol–water partition coefficient (Wildman–Crippen LogP) is 4.16. The zero-order chi connectivity index (χ0) is 12.8. The van der Waals surface area contributed by atoms with Crippen molar-refractivity contribution < 1.29 is 9.84 Å². The normalized spacial score (nSPS) is 12.9. The van der Waals surface area contributed by atoms with Crippen LogP contribution in [0, 0.1) is 5.92 Å². The van der Waals surface area contributed by atoms with E-state index in [1.54, 1.807) is 0 Å². The molecule has 0 radical (unpaired) electrons. The SMILES string of the molecule is CCCCCCCCCCC(C)COCCO. The van der Waals surface area contributed by atoms with Crippen molar-refractivity contribution in [2.75, 3.05) is 19.8 Å². The minimum atomic E-state index is 0.143. The molecule has 0 rings (SSSR count). The number of ether oxygens (including phenoxy) is 1. The molecule has 0 bridgehead atoms. The number of hydrogen-bond donors (Lipinski definition) is 1. The fourth-order valence-corrected chi connectivity index (χ4v) is 2.06. The minimum absolute atomic E-state index is 0.143. The van der Waals surface area contributed by atoms with Gasteiger partial charge in [-0.1, -0.05) is 65.2 Å². The van der Waals surface area contributed by atoms with Gasteiger partial charge in [0.15, 0.2) is 0 Å². The minimum Gasteiger partial charge on any atom is -0.394 e. The third kappa shape index (κ3) is 13.9. The van der Waals surface area contributed by atoms with E-state index in [4.69, 9.17) is 9.84 Å². The summed E-state index contributed by atoms with van der Waals surface area (Å²) in [4.78, 5) is 0. The van der Waals surface area contributed by atoms with Crippen LogP contribution in [0.1, 0.15) is 71.6 Å². The average molecular weight is 244 g/mol. The lowest BCUT2D eigenvalue weighted by atomic mass is 10.0. The molecule has 0 fully saturated rings. The van der Waals surface area contributed by atoms with Gasteiger partial charge in [-0.05, 0) is 12.3 Å².